The van der Waals surface area contributed by atoms with E-state index >= 15 is 0 Å². The number of hydrogen-bond donors (Lipinski definition) is 1. The number of aryl methyl sites for hydroxylation is 1. The standard InChI is InChI=1S/C24H27N3O2/c28-24(12-11-19-16-25-26-17-19)27-13-14-29-22(18-27)15-23(20-7-3-1-4-8-20)21-9-5-2-6-10-21/h1-10,16-17,22-23H,11-15,18H2,(H,25,26)/t22-/m0/s1. The Morgan fingerprint density at radius 3 is 2.41 bits per heavy atom. The summed E-state index contributed by atoms with van der Waals surface area (Å²) in [5.41, 5.74) is 3.63. The Kier molecular flexibility index (Phi) is 6.37. The number of ether oxygens (including phenoxy) is 1. The minimum absolute atomic E-state index is 0.0343. The molecule has 0 bridgehead atoms. The van der Waals surface area contributed by atoms with Gasteiger partial charge < -0.3 is 9.64 Å². The van der Waals surface area contributed by atoms with E-state index in [1.165, 1.54) is 11.1 Å². The zero-order valence-electron chi connectivity index (χ0n) is 16.5. The van der Waals surface area contributed by atoms with Gasteiger partial charge in [0.15, 0.2) is 0 Å². The first kappa shape index (κ1) is 19.4. The monoisotopic (exact) mass is 389 g/mol. The lowest BCUT2D eigenvalue weighted by Crippen LogP contribution is -2.46. The molecular formula is C24H27N3O2. The van der Waals surface area contributed by atoms with Crippen LogP contribution in [-0.2, 0) is 16.0 Å². The number of morpholine rings is 1. The number of hydrogen-bond acceptors (Lipinski definition) is 3. The van der Waals surface area contributed by atoms with Crippen molar-refractivity contribution in [3.05, 3.63) is 89.7 Å². The number of carbonyl (C=O) groups is 1. The van der Waals surface area contributed by atoms with Crippen LogP contribution in [-0.4, -0.2) is 46.8 Å². The summed E-state index contributed by atoms with van der Waals surface area (Å²) < 4.78 is 6.07. The lowest BCUT2D eigenvalue weighted by Gasteiger charge is -2.35. The molecule has 150 valence electrons. The van der Waals surface area contributed by atoms with Gasteiger partial charge in [-0.15, -0.1) is 0 Å². The van der Waals surface area contributed by atoms with Crippen molar-refractivity contribution in [1.29, 1.82) is 0 Å². The van der Waals surface area contributed by atoms with Gasteiger partial charge in [-0.2, -0.15) is 5.10 Å². The SMILES string of the molecule is O=C(CCc1cn[nH]c1)N1CCO[C@@H](CC(c2ccccc2)c2ccccc2)C1. The van der Waals surface area contributed by atoms with Gasteiger partial charge in [-0.3, -0.25) is 9.89 Å². The molecule has 1 saturated heterocycles. The molecule has 1 N–H and O–H groups in total. The van der Waals surface area contributed by atoms with Crippen molar-refractivity contribution in [2.24, 2.45) is 0 Å². The minimum Gasteiger partial charge on any atom is -0.375 e. The third-order valence-corrected chi connectivity index (χ3v) is 5.58. The summed E-state index contributed by atoms with van der Waals surface area (Å²) in [4.78, 5) is 14.7. The van der Waals surface area contributed by atoms with E-state index in [0.29, 0.717) is 32.5 Å². The first-order valence-corrected chi connectivity index (χ1v) is 10.3. The molecule has 2 heterocycles. The predicted molar refractivity (Wildman–Crippen MR) is 113 cm³/mol. The highest BCUT2D eigenvalue weighted by Gasteiger charge is 2.27. The molecule has 1 amide bonds. The van der Waals surface area contributed by atoms with E-state index in [-0.39, 0.29) is 17.9 Å². The average molecular weight is 389 g/mol. The van der Waals surface area contributed by atoms with Crippen molar-refractivity contribution in [1.82, 2.24) is 15.1 Å². The summed E-state index contributed by atoms with van der Waals surface area (Å²) in [6, 6.07) is 21.1. The molecule has 5 nitrogen and oxygen atoms in total. The number of H-pyrrole nitrogens is 1. The van der Waals surface area contributed by atoms with Gasteiger partial charge in [-0.1, -0.05) is 60.7 Å². The summed E-state index contributed by atoms with van der Waals surface area (Å²) in [6.07, 6.45) is 5.74. The van der Waals surface area contributed by atoms with Crippen molar-refractivity contribution in [3.63, 3.8) is 0 Å². The zero-order valence-corrected chi connectivity index (χ0v) is 16.5. The Labute approximate surface area is 171 Å². The highest BCUT2D eigenvalue weighted by Crippen LogP contribution is 2.31. The fraction of sp³-hybridized carbons (Fsp3) is 0.333. The van der Waals surface area contributed by atoms with Crippen LogP contribution in [0.5, 0.6) is 0 Å². The number of carbonyl (C=O) groups excluding carboxylic acids is 1. The van der Waals surface area contributed by atoms with E-state index in [1.54, 1.807) is 6.20 Å². The smallest absolute Gasteiger partial charge is 0.223 e. The van der Waals surface area contributed by atoms with E-state index in [1.807, 2.05) is 23.2 Å². The van der Waals surface area contributed by atoms with Crippen LogP contribution in [0.15, 0.2) is 73.1 Å². The second-order valence-corrected chi connectivity index (χ2v) is 7.55. The quantitative estimate of drug-likeness (QED) is 0.669. The molecule has 5 heteroatoms. The first-order chi connectivity index (χ1) is 14.3. The fourth-order valence-electron chi connectivity index (χ4n) is 4.01. The molecule has 1 aliphatic heterocycles. The molecule has 0 saturated carbocycles. The number of nitrogens with zero attached hydrogens (tertiary/aromatic N) is 2. The number of nitrogens with one attached hydrogen (secondary N) is 1. The maximum atomic E-state index is 12.7. The van der Waals surface area contributed by atoms with Gasteiger partial charge in [-0.05, 0) is 29.5 Å². The Hall–Kier alpha value is -2.92. The van der Waals surface area contributed by atoms with Crippen LogP contribution in [0.1, 0.15) is 35.4 Å². The summed E-state index contributed by atoms with van der Waals surface area (Å²) in [5, 5.41) is 6.74. The third kappa shape index (κ3) is 5.12. The van der Waals surface area contributed by atoms with Gasteiger partial charge in [0.25, 0.3) is 0 Å². The van der Waals surface area contributed by atoms with Crippen LogP contribution in [0.25, 0.3) is 0 Å². The molecule has 1 aromatic heterocycles. The second-order valence-electron chi connectivity index (χ2n) is 7.55. The van der Waals surface area contributed by atoms with Crippen molar-refractivity contribution < 1.29 is 9.53 Å². The van der Waals surface area contributed by atoms with Gasteiger partial charge in [0.2, 0.25) is 5.91 Å². The highest BCUT2D eigenvalue weighted by molar-refractivity contribution is 5.76. The number of amides is 1. The van der Waals surface area contributed by atoms with E-state index < -0.39 is 0 Å². The second kappa shape index (κ2) is 9.52. The Bertz CT molecular complexity index is 842. The topological polar surface area (TPSA) is 58.2 Å². The summed E-state index contributed by atoms with van der Waals surface area (Å²) in [5.74, 6) is 0.443. The van der Waals surface area contributed by atoms with Crippen LogP contribution in [0.4, 0.5) is 0 Å². The van der Waals surface area contributed by atoms with Crippen LogP contribution in [0, 0.1) is 0 Å². The Morgan fingerprint density at radius 2 is 1.79 bits per heavy atom. The van der Waals surface area contributed by atoms with Crippen molar-refractivity contribution in [2.45, 2.75) is 31.3 Å². The van der Waals surface area contributed by atoms with Crippen molar-refractivity contribution in [3.8, 4) is 0 Å². The Morgan fingerprint density at radius 1 is 1.10 bits per heavy atom. The van der Waals surface area contributed by atoms with E-state index in [0.717, 1.165) is 12.0 Å². The molecule has 0 unspecified atom stereocenters. The van der Waals surface area contributed by atoms with Gasteiger partial charge in [0, 0.05) is 31.6 Å². The van der Waals surface area contributed by atoms with E-state index in [2.05, 4.69) is 58.7 Å². The first-order valence-electron chi connectivity index (χ1n) is 10.3. The molecule has 0 radical (unpaired) electrons. The van der Waals surface area contributed by atoms with Crippen molar-refractivity contribution >= 4 is 5.91 Å². The average Bonchev–Trinajstić information content (AvgIpc) is 3.31. The largest absolute Gasteiger partial charge is 0.375 e. The molecular weight excluding hydrogens is 362 g/mol. The van der Waals surface area contributed by atoms with E-state index in [9.17, 15) is 4.79 Å². The van der Waals surface area contributed by atoms with Crippen LogP contribution in [0.2, 0.25) is 0 Å². The molecule has 4 rings (SSSR count). The summed E-state index contributed by atoms with van der Waals surface area (Å²) >= 11 is 0. The summed E-state index contributed by atoms with van der Waals surface area (Å²) in [6.45, 7) is 1.92. The van der Waals surface area contributed by atoms with Gasteiger partial charge >= 0.3 is 0 Å². The number of rotatable bonds is 7. The van der Waals surface area contributed by atoms with Crippen LogP contribution in [0.3, 0.4) is 0 Å². The number of aromatic amines is 1. The van der Waals surface area contributed by atoms with Gasteiger partial charge in [-0.25, -0.2) is 0 Å². The van der Waals surface area contributed by atoms with Crippen molar-refractivity contribution in [2.75, 3.05) is 19.7 Å². The molecule has 3 aromatic rings. The lowest BCUT2D eigenvalue weighted by molar-refractivity contribution is -0.139. The Balaban J connectivity index is 1.42. The summed E-state index contributed by atoms with van der Waals surface area (Å²) in [7, 11) is 0. The molecule has 0 spiro atoms. The highest BCUT2D eigenvalue weighted by atomic mass is 16.5. The number of aromatic nitrogens is 2. The third-order valence-electron chi connectivity index (χ3n) is 5.58. The van der Waals surface area contributed by atoms with E-state index in [4.69, 9.17) is 4.74 Å². The maximum Gasteiger partial charge on any atom is 0.223 e. The minimum atomic E-state index is 0.0343. The molecule has 2 aromatic carbocycles. The predicted octanol–water partition coefficient (Wildman–Crippen LogP) is 3.79. The molecule has 1 fully saturated rings. The lowest BCUT2D eigenvalue weighted by atomic mass is 9.86. The molecule has 29 heavy (non-hydrogen) atoms. The number of benzene rings is 2. The molecule has 0 aliphatic carbocycles. The van der Waals surface area contributed by atoms with Crippen LogP contribution >= 0.6 is 0 Å². The van der Waals surface area contributed by atoms with Gasteiger partial charge in [0.1, 0.15) is 0 Å². The maximum absolute atomic E-state index is 12.7. The van der Waals surface area contributed by atoms with Crippen LogP contribution < -0.4 is 0 Å². The zero-order chi connectivity index (χ0) is 19.9. The fourth-order valence-corrected chi connectivity index (χ4v) is 4.01. The molecule has 1 atom stereocenters. The molecule has 1 aliphatic rings. The van der Waals surface area contributed by atoms with Gasteiger partial charge in [0.05, 0.1) is 18.9 Å². The normalized spacial score (nSPS) is 16.9.